The maximum atomic E-state index is 13.1. The number of carbonyl (C=O) groups excluding carboxylic acids is 2. The summed E-state index contributed by atoms with van der Waals surface area (Å²) in [6, 6.07) is 0. The van der Waals surface area contributed by atoms with Gasteiger partial charge in [-0.25, -0.2) is 9.59 Å². The van der Waals surface area contributed by atoms with Crippen molar-refractivity contribution in [1.29, 1.82) is 0 Å². The lowest BCUT2D eigenvalue weighted by Crippen LogP contribution is -2.61. The van der Waals surface area contributed by atoms with E-state index in [1.165, 1.54) is 0 Å². The first kappa shape index (κ1) is 24.1. The molecule has 4 saturated carbocycles. The molecule has 4 rings (SSSR count). The summed E-state index contributed by atoms with van der Waals surface area (Å²) >= 11 is 0. The fraction of sp³-hybridized carbons (Fsp3) is 0.800. The van der Waals surface area contributed by atoms with E-state index in [4.69, 9.17) is 14.0 Å². The van der Waals surface area contributed by atoms with Crippen molar-refractivity contribution in [2.24, 2.45) is 11.8 Å². The Morgan fingerprint density at radius 1 is 1.10 bits per heavy atom. The second-order valence-corrected chi connectivity index (χ2v) is 10.6. The third kappa shape index (κ3) is 5.09. The summed E-state index contributed by atoms with van der Waals surface area (Å²) in [5.74, 6) is -1.86. The Bertz CT molecular complexity index is 839. The Hall–Kier alpha value is -1.59. The van der Waals surface area contributed by atoms with Crippen LogP contribution in [0.5, 0.6) is 0 Å². The number of unbranched alkanes of at least 4 members (excludes halogenated alkanes) is 1. The molecule has 0 heterocycles. The number of alkyl halides is 2. The minimum Gasteiger partial charge on any atom is -0.460 e. The van der Waals surface area contributed by atoms with Crippen LogP contribution < -0.4 is 0 Å². The predicted octanol–water partition coefficient (Wildman–Crippen LogP) is 3.02. The molecule has 0 aromatic rings. The van der Waals surface area contributed by atoms with Gasteiger partial charge in [0, 0.05) is 18.6 Å². The molecule has 2 atom stereocenters. The molecule has 11 heteroatoms. The Labute approximate surface area is 180 Å². The van der Waals surface area contributed by atoms with Crippen molar-refractivity contribution in [2.45, 2.75) is 74.7 Å². The van der Waals surface area contributed by atoms with Gasteiger partial charge in [-0.1, -0.05) is 6.58 Å². The fourth-order valence-electron chi connectivity index (χ4n) is 5.52. The van der Waals surface area contributed by atoms with E-state index in [1.54, 1.807) is 6.92 Å². The molecule has 31 heavy (non-hydrogen) atoms. The molecular weight excluding hydrogens is 438 g/mol. The minimum atomic E-state index is -5.87. The van der Waals surface area contributed by atoms with Crippen LogP contribution in [0, 0.1) is 11.8 Å². The highest BCUT2D eigenvalue weighted by Crippen LogP contribution is 2.60. The molecule has 176 valence electrons. The number of rotatable bonds is 10. The summed E-state index contributed by atoms with van der Waals surface area (Å²) < 4.78 is 72.0. The number of hydrogen-bond acceptors (Lipinski definition) is 7. The number of halogens is 2. The molecule has 0 aromatic carbocycles. The van der Waals surface area contributed by atoms with Gasteiger partial charge < -0.3 is 14.2 Å². The normalized spacial score (nSPS) is 32.0. The van der Waals surface area contributed by atoms with E-state index < -0.39 is 39.2 Å². The summed E-state index contributed by atoms with van der Waals surface area (Å²) in [7, 11) is -5.87. The smallest absolute Gasteiger partial charge is 0.460 e. The molecule has 0 saturated heterocycles. The van der Waals surface area contributed by atoms with Gasteiger partial charge >= 0.3 is 27.3 Å². The zero-order valence-corrected chi connectivity index (χ0v) is 18.2. The summed E-state index contributed by atoms with van der Waals surface area (Å²) in [4.78, 5) is 23.3. The van der Waals surface area contributed by atoms with Gasteiger partial charge in [-0.15, -0.1) is 0 Å². The van der Waals surface area contributed by atoms with Crippen molar-refractivity contribution in [3.05, 3.63) is 12.2 Å². The molecule has 0 radical (unpaired) electrons. The van der Waals surface area contributed by atoms with Gasteiger partial charge in [0.2, 0.25) is 0 Å². The lowest BCUT2D eigenvalue weighted by molar-refractivity contribution is -0.232. The monoisotopic (exact) mass is 466 g/mol. The highest BCUT2D eigenvalue weighted by atomic mass is 32.2. The maximum absolute atomic E-state index is 13.1. The third-order valence-corrected chi connectivity index (χ3v) is 7.17. The average molecular weight is 466 g/mol. The van der Waals surface area contributed by atoms with Crippen molar-refractivity contribution in [2.75, 3.05) is 13.2 Å². The summed E-state index contributed by atoms with van der Waals surface area (Å²) in [6.45, 7) is 5.15. The van der Waals surface area contributed by atoms with Gasteiger partial charge in [0.1, 0.15) is 5.60 Å². The third-order valence-electron chi connectivity index (χ3n) is 6.35. The summed E-state index contributed by atoms with van der Waals surface area (Å²) in [5.41, 5.74) is -0.565. The van der Waals surface area contributed by atoms with Crippen LogP contribution in [0.15, 0.2) is 12.2 Å². The molecule has 4 bridgehead atoms. The molecule has 4 fully saturated rings. The van der Waals surface area contributed by atoms with Crippen LogP contribution in [-0.4, -0.2) is 54.6 Å². The average Bonchev–Trinajstić information content (AvgIpc) is 2.61. The van der Waals surface area contributed by atoms with Crippen molar-refractivity contribution in [1.82, 2.24) is 0 Å². The van der Waals surface area contributed by atoms with Crippen molar-refractivity contribution in [3.8, 4) is 0 Å². The molecule has 0 aromatic heterocycles. The van der Waals surface area contributed by atoms with Gasteiger partial charge in [0.25, 0.3) is 0 Å². The molecule has 0 aliphatic heterocycles. The number of esters is 2. The predicted molar refractivity (Wildman–Crippen MR) is 104 cm³/mol. The first-order chi connectivity index (χ1) is 14.3. The van der Waals surface area contributed by atoms with Gasteiger partial charge in [-0.05, 0) is 63.7 Å². The van der Waals surface area contributed by atoms with E-state index in [9.17, 15) is 26.8 Å². The van der Waals surface area contributed by atoms with Crippen molar-refractivity contribution >= 4 is 22.1 Å². The molecule has 2 unspecified atom stereocenters. The van der Waals surface area contributed by atoms with Gasteiger partial charge in [-0.3, -0.25) is 4.55 Å². The van der Waals surface area contributed by atoms with Crippen molar-refractivity contribution in [3.63, 3.8) is 0 Å². The lowest BCUT2D eigenvalue weighted by atomic mass is 9.52. The molecule has 0 spiro atoms. The van der Waals surface area contributed by atoms with Crippen LogP contribution in [0.3, 0.4) is 0 Å². The van der Waals surface area contributed by atoms with Gasteiger partial charge in [-0.2, -0.15) is 17.2 Å². The minimum absolute atomic E-state index is 0.187. The largest absolute Gasteiger partial charge is 0.465 e. The topological polar surface area (TPSA) is 116 Å². The zero-order chi connectivity index (χ0) is 23.1. The fourth-order valence-corrected chi connectivity index (χ4v) is 5.78. The lowest BCUT2D eigenvalue weighted by Gasteiger charge is -2.60. The van der Waals surface area contributed by atoms with Gasteiger partial charge in [0.05, 0.1) is 12.2 Å². The number of carbonyl (C=O) groups is 2. The highest BCUT2D eigenvalue weighted by molar-refractivity contribution is 7.87. The standard InChI is InChI=1S/C20H28F2O8S/c1-13(2)16(23)30-19-10-14-7-15(11-19)9-18(8-14,12-19)29-6-4-3-5-28-17(24)20(21,22)31(25,26)27/h14-15H,1,3-12H2,2H3,(H,25,26,27). The van der Waals surface area contributed by atoms with E-state index >= 15 is 0 Å². The molecule has 8 nitrogen and oxygen atoms in total. The second-order valence-electron chi connectivity index (χ2n) is 9.18. The number of hydrogen-bond donors (Lipinski definition) is 1. The Balaban J connectivity index is 1.47. The second kappa shape index (κ2) is 8.40. The SMILES string of the molecule is C=C(C)C(=O)OC12CC3CC(CC(OCCCCOC(=O)C(F)(F)S(=O)(=O)O)(C3)C1)C2. The number of ether oxygens (including phenoxy) is 3. The van der Waals surface area contributed by atoms with Crippen LogP contribution in [0.25, 0.3) is 0 Å². The molecule has 4 aliphatic rings. The zero-order valence-electron chi connectivity index (χ0n) is 17.4. The molecular formula is C20H28F2O8S. The van der Waals surface area contributed by atoms with E-state index in [-0.39, 0.29) is 12.4 Å². The molecule has 0 amide bonds. The van der Waals surface area contributed by atoms with Crippen LogP contribution in [0.4, 0.5) is 8.78 Å². The quantitative estimate of drug-likeness (QED) is 0.226. The van der Waals surface area contributed by atoms with Crippen molar-refractivity contribution < 1.29 is 45.6 Å². The maximum Gasteiger partial charge on any atom is 0.465 e. The first-order valence-corrected chi connectivity index (χ1v) is 11.8. The Morgan fingerprint density at radius 3 is 2.19 bits per heavy atom. The van der Waals surface area contributed by atoms with Crippen LogP contribution >= 0.6 is 0 Å². The van der Waals surface area contributed by atoms with Gasteiger partial charge in [0.15, 0.2) is 0 Å². The summed E-state index contributed by atoms with van der Waals surface area (Å²) in [5, 5.41) is -4.99. The van der Waals surface area contributed by atoms with E-state index in [0.717, 1.165) is 32.1 Å². The first-order valence-electron chi connectivity index (χ1n) is 10.3. The van der Waals surface area contributed by atoms with Crippen LogP contribution in [-0.2, 0) is 33.9 Å². The Kier molecular flexibility index (Phi) is 6.52. The molecule has 1 N–H and O–H groups in total. The van der Waals surface area contributed by atoms with Crippen LogP contribution in [0.2, 0.25) is 0 Å². The Morgan fingerprint density at radius 2 is 1.65 bits per heavy atom. The van der Waals surface area contributed by atoms with Crippen LogP contribution in [0.1, 0.15) is 58.3 Å². The highest BCUT2D eigenvalue weighted by Gasteiger charge is 2.60. The van der Waals surface area contributed by atoms with E-state index in [1.807, 2.05) is 0 Å². The van der Waals surface area contributed by atoms with E-state index in [2.05, 4.69) is 11.3 Å². The molecule has 4 aliphatic carbocycles. The summed E-state index contributed by atoms with van der Waals surface area (Å²) in [6.07, 6.45) is 5.71. The van der Waals surface area contributed by atoms with E-state index in [0.29, 0.717) is 36.9 Å².